The van der Waals surface area contributed by atoms with Gasteiger partial charge in [0, 0.05) is 23.4 Å². The molecule has 2 aromatic carbocycles. The van der Waals surface area contributed by atoms with Crippen molar-refractivity contribution in [1.29, 1.82) is 0 Å². The number of halogens is 3. The number of thiocarbonyl (C=S) groups is 1. The lowest BCUT2D eigenvalue weighted by molar-refractivity contribution is 0.101. The molecule has 0 saturated carbocycles. The second-order valence-corrected chi connectivity index (χ2v) is 4.58. The van der Waals surface area contributed by atoms with Crippen molar-refractivity contribution >= 4 is 28.8 Å². The maximum atomic E-state index is 13.5. The summed E-state index contributed by atoms with van der Waals surface area (Å²) >= 11 is 4.79. The average Bonchev–Trinajstić information content (AvgIpc) is 2.37. The topological polar surface area (TPSA) is 55.1 Å². The number of rotatable bonds is 3. The van der Waals surface area contributed by atoms with E-state index in [4.69, 9.17) is 18.0 Å². The Balaban J connectivity index is 2.30. The third-order valence-electron chi connectivity index (χ3n) is 2.64. The number of anilines is 1. The van der Waals surface area contributed by atoms with Gasteiger partial charge in [-0.2, -0.15) is 0 Å². The second kappa shape index (κ2) is 5.92. The van der Waals surface area contributed by atoms with Gasteiger partial charge in [-0.15, -0.1) is 0 Å². The van der Waals surface area contributed by atoms with Gasteiger partial charge in [0.2, 0.25) is 0 Å². The summed E-state index contributed by atoms with van der Waals surface area (Å²) in [5.41, 5.74) is 5.33. The summed E-state index contributed by atoms with van der Waals surface area (Å²) in [7, 11) is 0. The van der Waals surface area contributed by atoms with Gasteiger partial charge in [-0.05, 0) is 12.1 Å². The van der Waals surface area contributed by atoms with Crippen LogP contribution in [0.3, 0.4) is 0 Å². The van der Waals surface area contributed by atoms with Crippen LogP contribution in [0.2, 0.25) is 0 Å². The molecule has 21 heavy (non-hydrogen) atoms. The monoisotopic (exact) mass is 310 g/mol. The summed E-state index contributed by atoms with van der Waals surface area (Å²) in [4.78, 5) is 12.0. The molecule has 0 aliphatic carbocycles. The van der Waals surface area contributed by atoms with Gasteiger partial charge in [-0.3, -0.25) is 4.79 Å². The molecule has 0 spiro atoms. The van der Waals surface area contributed by atoms with Crippen LogP contribution in [0, 0.1) is 17.5 Å². The Bertz CT molecular complexity index is 711. The normalized spacial score (nSPS) is 10.2. The van der Waals surface area contributed by atoms with E-state index < -0.39 is 28.9 Å². The van der Waals surface area contributed by atoms with Crippen LogP contribution < -0.4 is 11.1 Å². The van der Waals surface area contributed by atoms with Crippen LogP contribution >= 0.6 is 12.2 Å². The van der Waals surface area contributed by atoms with Crippen molar-refractivity contribution in [3.63, 3.8) is 0 Å². The van der Waals surface area contributed by atoms with Crippen LogP contribution in [-0.2, 0) is 0 Å². The molecule has 0 radical (unpaired) electrons. The first-order valence-electron chi connectivity index (χ1n) is 5.74. The molecule has 2 aromatic rings. The lowest BCUT2D eigenvalue weighted by atomic mass is 10.1. The first-order valence-corrected chi connectivity index (χ1v) is 6.15. The van der Waals surface area contributed by atoms with Crippen LogP contribution in [0.1, 0.15) is 15.9 Å². The molecule has 3 nitrogen and oxygen atoms in total. The van der Waals surface area contributed by atoms with E-state index in [1.54, 1.807) is 12.1 Å². The van der Waals surface area contributed by atoms with Gasteiger partial charge in [0.05, 0.1) is 0 Å². The summed E-state index contributed by atoms with van der Waals surface area (Å²) in [6, 6.07) is 7.02. The number of amides is 1. The number of nitrogens with two attached hydrogens (primary N) is 1. The minimum Gasteiger partial charge on any atom is -0.389 e. The van der Waals surface area contributed by atoms with E-state index in [2.05, 4.69) is 5.32 Å². The maximum absolute atomic E-state index is 13.5. The molecule has 0 saturated heterocycles. The highest BCUT2D eigenvalue weighted by molar-refractivity contribution is 7.80. The fourth-order valence-corrected chi connectivity index (χ4v) is 1.83. The zero-order valence-corrected chi connectivity index (χ0v) is 11.3. The van der Waals surface area contributed by atoms with Crippen molar-refractivity contribution in [2.45, 2.75) is 0 Å². The highest BCUT2D eigenvalue weighted by atomic mass is 32.1. The fourth-order valence-electron chi connectivity index (χ4n) is 1.70. The van der Waals surface area contributed by atoms with E-state index >= 15 is 0 Å². The standard InChI is InChI=1S/C14H9F3N2OS/c15-8-5-10(16)12(11(17)6-8)14(20)19-9-3-1-2-7(4-9)13(18)21/h1-6H,(H2,18,21)(H,19,20). The largest absolute Gasteiger partial charge is 0.389 e. The van der Waals surface area contributed by atoms with Crippen LogP contribution in [0.5, 0.6) is 0 Å². The quantitative estimate of drug-likeness (QED) is 0.857. The second-order valence-electron chi connectivity index (χ2n) is 4.14. The first kappa shape index (κ1) is 15.0. The number of hydrogen-bond acceptors (Lipinski definition) is 2. The van der Waals surface area contributed by atoms with E-state index in [0.29, 0.717) is 17.7 Å². The zero-order chi connectivity index (χ0) is 15.6. The number of nitrogens with one attached hydrogen (secondary N) is 1. The SMILES string of the molecule is NC(=S)c1cccc(NC(=O)c2c(F)cc(F)cc2F)c1. The molecular formula is C14H9F3N2OS. The first-order chi connectivity index (χ1) is 9.88. The van der Waals surface area contributed by atoms with Crippen molar-refractivity contribution in [2.75, 3.05) is 5.32 Å². The Kier molecular flexibility index (Phi) is 4.23. The lowest BCUT2D eigenvalue weighted by Gasteiger charge is -2.08. The number of hydrogen-bond donors (Lipinski definition) is 2. The van der Waals surface area contributed by atoms with Crippen molar-refractivity contribution in [2.24, 2.45) is 5.73 Å². The van der Waals surface area contributed by atoms with E-state index in [9.17, 15) is 18.0 Å². The highest BCUT2D eigenvalue weighted by Crippen LogP contribution is 2.18. The van der Waals surface area contributed by atoms with Crippen LogP contribution in [0.15, 0.2) is 36.4 Å². The molecule has 2 rings (SSSR count). The molecular weight excluding hydrogens is 301 g/mol. The third-order valence-corrected chi connectivity index (χ3v) is 2.87. The number of benzene rings is 2. The fraction of sp³-hybridized carbons (Fsp3) is 0. The van der Waals surface area contributed by atoms with Gasteiger partial charge in [0.25, 0.3) is 5.91 Å². The molecule has 7 heteroatoms. The maximum Gasteiger partial charge on any atom is 0.261 e. The molecule has 108 valence electrons. The number of carbonyl (C=O) groups excluding carboxylic acids is 1. The zero-order valence-electron chi connectivity index (χ0n) is 10.5. The van der Waals surface area contributed by atoms with Crippen molar-refractivity contribution in [3.05, 3.63) is 65.0 Å². The molecule has 0 bridgehead atoms. The molecule has 0 aromatic heterocycles. The highest BCUT2D eigenvalue weighted by Gasteiger charge is 2.19. The molecule has 3 N–H and O–H groups in total. The van der Waals surface area contributed by atoms with E-state index in [1.165, 1.54) is 12.1 Å². The summed E-state index contributed by atoms with van der Waals surface area (Å²) in [5, 5.41) is 2.30. The lowest BCUT2D eigenvalue weighted by Crippen LogP contribution is -2.17. The molecule has 0 aliphatic heterocycles. The van der Waals surface area contributed by atoms with E-state index in [1.807, 2.05) is 0 Å². The van der Waals surface area contributed by atoms with Gasteiger partial charge in [-0.25, -0.2) is 13.2 Å². The van der Waals surface area contributed by atoms with Gasteiger partial charge < -0.3 is 11.1 Å². The summed E-state index contributed by atoms with van der Waals surface area (Å²) in [5.74, 6) is -4.70. The predicted octanol–water partition coefficient (Wildman–Crippen LogP) is 2.99. The summed E-state index contributed by atoms with van der Waals surface area (Å²) in [6.45, 7) is 0. The molecule has 0 atom stereocenters. The van der Waals surface area contributed by atoms with Crippen LogP contribution in [-0.4, -0.2) is 10.9 Å². The Hall–Kier alpha value is -2.41. The Morgan fingerprint density at radius 1 is 1.10 bits per heavy atom. The predicted molar refractivity (Wildman–Crippen MR) is 76.6 cm³/mol. The minimum absolute atomic E-state index is 0.116. The summed E-state index contributed by atoms with van der Waals surface area (Å²) in [6.07, 6.45) is 0. The van der Waals surface area contributed by atoms with Gasteiger partial charge in [0.1, 0.15) is 28.0 Å². The minimum atomic E-state index is -1.28. The van der Waals surface area contributed by atoms with E-state index in [0.717, 1.165) is 0 Å². The Morgan fingerprint density at radius 3 is 2.29 bits per heavy atom. The van der Waals surface area contributed by atoms with Crippen molar-refractivity contribution < 1.29 is 18.0 Å². The van der Waals surface area contributed by atoms with Gasteiger partial charge >= 0.3 is 0 Å². The summed E-state index contributed by atoms with van der Waals surface area (Å²) < 4.78 is 39.8. The Morgan fingerprint density at radius 2 is 1.71 bits per heavy atom. The molecule has 0 unspecified atom stereocenters. The molecule has 0 heterocycles. The molecule has 1 amide bonds. The van der Waals surface area contributed by atoms with Gasteiger partial charge in [0.15, 0.2) is 0 Å². The van der Waals surface area contributed by atoms with Gasteiger partial charge in [-0.1, -0.05) is 24.4 Å². The van der Waals surface area contributed by atoms with Crippen molar-refractivity contribution in [3.8, 4) is 0 Å². The van der Waals surface area contributed by atoms with E-state index in [-0.39, 0.29) is 10.7 Å². The molecule has 0 fully saturated rings. The Labute approximate surface area is 123 Å². The number of carbonyl (C=O) groups is 1. The van der Waals surface area contributed by atoms with Crippen molar-refractivity contribution in [1.82, 2.24) is 0 Å². The molecule has 0 aliphatic rings. The average molecular weight is 310 g/mol. The van der Waals surface area contributed by atoms with Crippen LogP contribution in [0.4, 0.5) is 18.9 Å². The van der Waals surface area contributed by atoms with Crippen LogP contribution in [0.25, 0.3) is 0 Å². The smallest absolute Gasteiger partial charge is 0.261 e. The third kappa shape index (κ3) is 3.38.